The fourth-order valence-corrected chi connectivity index (χ4v) is 2.67. The van der Waals surface area contributed by atoms with Crippen LogP contribution in [-0.2, 0) is 11.3 Å². The number of thiophene rings is 1. The molecule has 3 rings (SSSR count). The lowest BCUT2D eigenvalue weighted by Gasteiger charge is -2.08. The van der Waals surface area contributed by atoms with Gasteiger partial charge >= 0.3 is 0 Å². The number of amides is 1. The van der Waals surface area contributed by atoms with Crippen molar-refractivity contribution in [3.8, 4) is 0 Å². The van der Waals surface area contributed by atoms with Gasteiger partial charge < -0.3 is 5.32 Å². The number of hydrogen-bond acceptors (Lipinski definition) is 4. The highest BCUT2D eigenvalue weighted by molar-refractivity contribution is 7.16. The third-order valence-corrected chi connectivity index (χ3v) is 3.79. The molecule has 0 aliphatic rings. The minimum absolute atomic E-state index is 0.275. The van der Waals surface area contributed by atoms with Crippen molar-refractivity contribution in [3.63, 3.8) is 0 Å². The van der Waals surface area contributed by atoms with E-state index in [2.05, 4.69) is 10.3 Å². The van der Waals surface area contributed by atoms with Gasteiger partial charge in [0.2, 0.25) is 5.91 Å². The van der Waals surface area contributed by atoms with Crippen molar-refractivity contribution in [3.05, 3.63) is 58.0 Å². The Morgan fingerprint density at radius 1 is 1.32 bits per heavy atom. The standard InChI is InChI=1S/C14H9F2N3O2S/c15-8-1-2-10(16)11(5-8)18-12(20)6-19-7-17-13-9(14(19)21)3-4-22-13/h1-5,7H,6H2,(H,18,20). The summed E-state index contributed by atoms with van der Waals surface area (Å²) in [6.07, 6.45) is 1.25. The number of fused-ring (bicyclic) bond motifs is 1. The van der Waals surface area contributed by atoms with E-state index in [0.717, 1.165) is 22.8 Å². The average molecular weight is 321 g/mol. The van der Waals surface area contributed by atoms with Gasteiger partial charge in [0, 0.05) is 6.07 Å². The Balaban J connectivity index is 1.82. The van der Waals surface area contributed by atoms with Gasteiger partial charge in [-0.3, -0.25) is 14.2 Å². The summed E-state index contributed by atoms with van der Waals surface area (Å²) in [6.45, 7) is -0.340. The van der Waals surface area contributed by atoms with Gasteiger partial charge in [-0.2, -0.15) is 0 Å². The Morgan fingerprint density at radius 2 is 2.14 bits per heavy atom. The number of aromatic nitrogens is 2. The Hall–Kier alpha value is -2.61. The van der Waals surface area contributed by atoms with Crippen LogP contribution in [-0.4, -0.2) is 15.5 Å². The number of benzene rings is 1. The highest BCUT2D eigenvalue weighted by Crippen LogP contribution is 2.16. The molecular formula is C14H9F2N3O2S. The van der Waals surface area contributed by atoms with Crippen molar-refractivity contribution in [2.75, 3.05) is 5.32 Å². The molecule has 0 bridgehead atoms. The summed E-state index contributed by atoms with van der Waals surface area (Å²) in [5.41, 5.74) is -0.635. The van der Waals surface area contributed by atoms with E-state index < -0.39 is 17.5 Å². The van der Waals surface area contributed by atoms with Gasteiger partial charge in [-0.25, -0.2) is 13.8 Å². The molecule has 5 nitrogen and oxygen atoms in total. The fourth-order valence-electron chi connectivity index (χ4n) is 1.94. The first-order valence-corrected chi connectivity index (χ1v) is 7.10. The molecule has 0 radical (unpaired) electrons. The molecule has 1 aromatic carbocycles. The van der Waals surface area contributed by atoms with Gasteiger partial charge in [-0.1, -0.05) is 0 Å². The Bertz CT molecular complexity index is 920. The summed E-state index contributed by atoms with van der Waals surface area (Å²) in [5.74, 6) is -2.08. The Morgan fingerprint density at radius 3 is 2.95 bits per heavy atom. The molecule has 0 spiro atoms. The predicted octanol–water partition coefficient (Wildman–Crippen LogP) is 2.37. The SMILES string of the molecule is O=C(Cn1cnc2sccc2c1=O)Nc1cc(F)ccc1F. The number of carbonyl (C=O) groups excluding carboxylic acids is 1. The van der Waals surface area contributed by atoms with Crippen LogP contribution in [0.1, 0.15) is 0 Å². The second-order valence-corrected chi connectivity index (χ2v) is 5.38. The lowest BCUT2D eigenvalue weighted by Crippen LogP contribution is -2.27. The number of nitrogens with one attached hydrogen (secondary N) is 1. The number of nitrogens with zero attached hydrogens (tertiary/aromatic N) is 2. The van der Waals surface area contributed by atoms with Crippen LogP contribution in [0, 0.1) is 11.6 Å². The van der Waals surface area contributed by atoms with Crippen molar-refractivity contribution < 1.29 is 13.6 Å². The third kappa shape index (κ3) is 2.73. The van der Waals surface area contributed by atoms with E-state index in [1.807, 2.05) is 0 Å². The Labute approximate surface area is 126 Å². The molecule has 1 N–H and O–H groups in total. The minimum Gasteiger partial charge on any atom is -0.322 e. The molecule has 0 fully saturated rings. The molecule has 2 heterocycles. The quantitative estimate of drug-likeness (QED) is 0.805. The van der Waals surface area contributed by atoms with E-state index in [1.54, 1.807) is 11.4 Å². The summed E-state index contributed by atoms with van der Waals surface area (Å²) in [6, 6.07) is 4.35. The molecule has 3 aromatic rings. The largest absolute Gasteiger partial charge is 0.322 e. The summed E-state index contributed by atoms with van der Waals surface area (Å²) in [4.78, 5) is 28.6. The summed E-state index contributed by atoms with van der Waals surface area (Å²) in [7, 11) is 0. The molecule has 0 saturated heterocycles. The van der Waals surface area contributed by atoms with E-state index in [1.165, 1.54) is 17.7 Å². The second kappa shape index (κ2) is 5.64. The van der Waals surface area contributed by atoms with Crippen LogP contribution in [0.15, 0.2) is 40.8 Å². The van der Waals surface area contributed by atoms with E-state index in [-0.39, 0.29) is 17.8 Å². The van der Waals surface area contributed by atoms with Gasteiger partial charge in [0.25, 0.3) is 5.56 Å². The molecule has 0 aliphatic heterocycles. The van der Waals surface area contributed by atoms with Crippen molar-refractivity contribution >= 4 is 33.1 Å². The van der Waals surface area contributed by atoms with Gasteiger partial charge in [0.1, 0.15) is 23.0 Å². The monoisotopic (exact) mass is 321 g/mol. The Kier molecular flexibility index (Phi) is 3.68. The number of halogens is 2. The van der Waals surface area contributed by atoms with Crippen LogP contribution in [0.2, 0.25) is 0 Å². The van der Waals surface area contributed by atoms with E-state index in [9.17, 15) is 18.4 Å². The molecule has 22 heavy (non-hydrogen) atoms. The number of anilines is 1. The van der Waals surface area contributed by atoms with Crippen molar-refractivity contribution in [2.24, 2.45) is 0 Å². The van der Waals surface area contributed by atoms with Crippen molar-refractivity contribution in [1.29, 1.82) is 0 Å². The van der Waals surface area contributed by atoms with Gasteiger partial charge in [-0.15, -0.1) is 11.3 Å². The first-order valence-electron chi connectivity index (χ1n) is 6.22. The van der Waals surface area contributed by atoms with Crippen LogP contribution in [0.25, 0.3) is 10.2 Å². The summed E-state index contributed by atoms with van der Waals surface area (Å²) in [5, 5.41) is 4.37. The van der Waals surface area contributed by atoms with Crippen molar-refractivity contribution in [2.45, 2.75) is 6.54 Å². The van der Waals surface area contributed by atoms with Crippen LogP contribution < -0.4 is 10.9 Å². The maximum atomic E-state index is 13.5. The molecule has 1 amide bonds. The molecule has 2 aromatic heterocycles. The maximum absolute atomic E-state index is 13.5. The topological polar surface area (TPSA) is 64.0 Å². The van der Waals surface area contributed by atoms with E-state index >= 15 is 0 Å². The van der Waals surface area contributed by atoms with Crippen molar-refractivity contribution in [1.82, 2.24) is 9.55 Å². The molecular weight excluding hydrogens is 312 g/mol. The number of rotatable bonds is 3. The number of carbonyl (C=O) groups is 1. The second-order valence-electron chi connectivity index (χ2n) is 4.49. The summed E-state index contributed by atoms with van der Waals surface area (Å²) < 4.78 is 27.6. The first-order chi connectivity index (χ1) is 10.5. The van der Waals surface area contributed by atoms with Gasteiger partial charge in [0.15, 0.2) is 0 Å². The lowest BCUT2D eigenvalue weighted by molar-refractivity contribution is -0.116. The molecule has 8 heteroatoms. The van der Waals surface area contributed by atoms with E-state index in [4.69, 9.17) is 0 Å². The van der Waals surface area contributed by atoms with Crippen LogP contribution >= 0.6 is 11.3 Å². The van der Waals surface area contributed by atoms with Crippen LogP contribution in [0.3, 0.4) is 0 Å². The normalized spacial score (nSPS) is 10.8. The molecule has 0 atom stereocenters. The molecule has 0 aliphatic carbocycles. The van der Waals surface area contributed by atoms with E-state index in [0.29, 0.717) is 10.2 Å². The highest BCUT2D eigenvalue weighted by atomic mass is 32.1. The maximum Gasteiger partial charge on any atom is 0.262 e. The highest BCUT2D eigenvalue weighted by Gasteiger charge is 2.11. The smallest absolute Gasteiger partial charge is 0.262 e. The van der Waals surface area contributed by atoms with Gasteiger partial charge in [0.05, 0.1) is 17.4 Å². The predicted molar refractivity (Wildman–Crippen MR) is 78.9 cm³/mol. The minimum atomic E-state index is -0.756. The first kappa shape index (κ1) is 14.3. The zero-order chi connectivity index (χ0) is 15.7. The van der Waals surface area contributed by atoms with Crippen LogP contribution in [0.4, 0.5) is 14.5 Å². The fraction of sp³-hybridized carbons (Fsp3) is 0.0714. The average Bonchev–Trinajstić information content (AvgIpc) is 2.95. The molecule has 0 saturated carbocycles. The lowest BCUT2D eigenvalue weighted by atomic mass is 10.3. The van der Waals surface area contributed by atoms with Gasteiger partial charge in [-0.05, 0) is 23.6 Å². The zero-order valence-corrected chi connectivity index (χ0v) is 11.9. The van der Waals surface area contributed by atoms with Crippen LogP contribution in [0.5, 0.6) is 0 Å². The molecule has 0 unspecified atom stereocenters. The third-order valence-electron chi connectivity index (χ3n) is 2.97. The zero-order valence-electron chi connectivity index (χ0n) is 11.0. The number of hydrogen-bond donors (Lipinski definition) is 1. The molecule has 112 valence electrons. The summed E-state index contributed by atoms with van der Waals surface area (Å²) >= 11 is 1.32.